The molecule has 12 heteroatoms. The first-order valence-corrected chi connectivity index (χ1v) is 18.0. The highest BCUT2D eigenvalue weighted by Crippen LogP contribution is 2.40. The summed E-state index contributed by atoms with van der Waals surface area (Å²) >= 11 is 7.04. The number of nitrogens with one attached hydrogen (secondary N) is 1. The van der Waals surface area contributed by atoms with Crippen molar-refractivity contribution in [3.63, 3.8) is 0 Å². The Bertz CT molecular complexity index is 1390. The largest absolute Gasteiger partial charge is 0.444 e. The van der Waals surface area contributed by atoms with Crippen molar-refractivity contribution in [3.05, 3.63) is 62.5 Å². The molecule has 2 aromatic rings. The van der Waals surface area contributed by atoms with Crippen molar-refractivity contribution in [2.24, 2.45) is 0 Å². The van der Waals surface area contributed by atoms with Gasteiger partial charge in [-0.2, -0.15) is 0 Å². The third kappa shape index (κ3) is 7.31. The minimum atomic E-state index is -0.883. The molecule has 3 fully saturated rings. The van der Waals surface area contributed by atoms with Crippen LogP contribution in [-0.2, 0) is 22.6 Å². The van der Waals surface area contributed by atoms with Crippen LogP contribution in [0.4, 0.5) is 15.3 Å². The highest BCUT2D eigenvalue weighted by molar-refractivity contribution is 9.11. The van der Waals surface area contributed by atoms with Crippen LogP contribution in [0.15, 0.2) is 51.4 Å². The number of hydrogen-bond donors (Lipinski definition) is 1. The molecule has 4 aliphatic heterocycles. The van der Waals surface area contributed by atoms with Crippen LogP contribution in [0.3, 0.4) is 0 Å². The summed E-state index contributed by atoms with van der Waals surface area (Å²) in [4.78, 5) is 51.2. The topological polar surface area (TPSA) is 88.7 Å². The van der Waals surface area contributed by atoms with Crippen LogP contribution in [0, 0.1) is 0 Å². The Morgan fingerprint density at radius 1 is 0.957 bits per heavy atom. The molecule has 10 nitrogen and oxygen atoms in total. The van der Waals surface area contributed by atoms with Crippen LogP contribution >= 0.6 is 31.9 Å². The van der Waals surface area contributed by atoms with Crippen LogP contribution in [0.5, 0.6) is 0 Å². The van der Waals surface area contributed by atoms with E-state index in [1.807, 2.05) is 41.3 Å². The number of fused-ring (bicyclic) bond motifs is 1. The van der Waals surface area contributed by atoms with Gasteiger partial charge in [0.05, 0.1) is 0 Å². The molecule has 6 rings (SSSR count). The second kappa shape index (κ2) is 14.7. The number of piperazine rings is 1. The van der Waals surface area contributed by atoms with Crippen LogP contribution < -0.4 is 5.32 Å². The number of hydrogen-bond acceptors (Lipinski definition) is 7. The maximum Gasteiger partial charge on any atom is 0.411 e. The molecule has 2 aromatic carbocycles. The Morgan fingerprint density at radius 2 is 1.65 bits per heavy atom. The van der Waals surface area contributed by atoms with Gasteiger partial charge in [0, 0.05) is 91.9 Å². The molecule has 0 radical (unpaired) electrons. The van der Waals surface area contributed by atoms with Gasteiger partial charge in [-0.05, 0) is 68.1 Å². The third-order valence-corrected chi connectivity index (χ3v) is 11.3. The van der Waals surface area contributed by atoms with Gasteiger partial charge in [0.2, 0.25) is 0 Å². The first-order valence-electron chi connectivity index (χ1n) is 16.4. The highest BCUT2D eigenvalue weighted by Gasteiger charge is 2.52. The Kier molecular flexibility index (Phi) is 10.7. The van der Waals surface area contributed by atoms with Crippen molar-refractivity contribution < 1.29 is 19.1 Å². The smallest absolute Gasteiger partial charge is 0.411 e. The van der Waals surface area contributed by atoms with Crippen molar-refractivity contribution in [1.82, 2.24) is 24.5 Å². The van der Waals surface area contributed by atoms with E-state index < -0.39 is 11.8 Å². The number of amides is 3. The summed E-state index contributed by atoms with van der Waals surface area (Å²) in [6.45, 7) is 6.94. The molecule has 0 bridgehead atoms. The number of para-hydroxylation sites is 1. The van der Waals surface area contributed by atoms with E-state index in [0.717, 1.165) is 90.6 Å². The van der Waals surface area contributed by atoms with Gasteiger partial charge < -0.3 is 24.6 Å². The van der Waals surface area contributed by atoms with Crippen LogP contribution in [0.25, 0.3) is 0 Å². The number of anilines is 1. The lowest BCUT2D eigenvalue weighted by atomic mass is 9.84. The number of ether oxygens (including phenoxy) is 1. The maximum absolute atomic E-state index is 14.0. The van der Waals surface area contributed by atoms with Gasteiger partial charge in [-0.25, -0.2) is 9.59 Å². The quantitative estimate of drug-likeness (QED) is 0.379. The van der Waals surface area contributed by atoms with Gasteiger partial charge in [-0.3, -0.25) is 14.7 Å². The zero-order valence-electron chi connectivity index (χ0n) is 26.5. The standard InChI is InChI=1S/C34H44Br2N6O4/c1-38-15-17-39(18-16-38)29-7-11-40(12-8-29)34(10-19-43)23-30(41-13-6-26-4-2-3-5-31(26)37-32(41)44)9-14-42(34)33(45)46-24-25-20-27(35)22-28(36)21-25/h2-5,19-22,29-30H,6-18,23-24H2,1H3,(H,37,44)/t30-,34+/m1/s1. The molecule has 3 amide bonds. The minimum Gasteiger partial charge on any atom is -0.444 e. The molecule has 46 heavy (non-hydrogen) atoms. The molecular weight excluding hydrogens is 716 g/mol. The van der Waals surface area contributed by atoms with Crippen LogP contribution in [0.2, 0.25) is 0 Å². The molecule has 4 aliphatic rings. The Hall–Kier alpha value is -2.51. The Labute approximate surface area is 288 Å². The van der Waals surface area contributed by atoms with Crippen molar-refractivity contribution in [1.29, 1.82) is 0 Å². The lowest BCUT2D eigenvalue weighted by molar-refractivity contribution is -0.128. The van der Waals surface area contributed by atoms with E-state index in [1.165, 1.54) is 0 Å². The van der Waals surface area contributed by atoms with Crippen LogP contribution in [-0.4, -0.2) is 120 Å². The lowest BCUT2D eigenvalue weighted by Gasteiger charge is -2.57. The summed E-state index contributed by atoms with van der Waals surface area (Å²) in [6.07, 6.45) is 4.48. The zero-order valence-corrected chi connectivity index (χ0v) is 29.7. The number of carbonyl (C=O) groups is 3. The predicted octanol–water partition coefficient (Wildman–Crippen LogP) is 5.40. The van der Waals surface area contributed by atoms with E-state index in [0.29, 0.717) is 32.0 Å². The molecule has 0 unspecified atom stereocenters. The maximum atomic E-state index is 14.0. The average molecular weight is 761 g/mol. The number of aldehydes is 1. The Morgan fingerprint density at radius 3 is 2.37 bits per heavy atom. The molecule has 0 saturated carbocycles. The number of urea groups is 1. The van der Waals surface area contributed by atoms with Crippen molar-refractivity contribution in [2.75, 3.05) is 64.7 Å². The van der Waals surface area contributed by atoms with E-state index in [1.54, 1.807) is 4.90 Å². The molecule has 248 valence electrons. The Balaban J connectivity index is 1.24. The monoisotopic (exact) mass is 758 g/mol. The molecule has 1 N–H and O–H groups in total. The molecule has 4 heterocycles. The summed E-state index contributed by atoms with van der Waals surface area (Å²) in [7, 11) is 2.18. The molecule has 0 aliphatic carbocycles. The number of piperidine rings is 2. The summed E-state index contributed by atoms with van der Waals surface area (Å²) in [5, 5.41) is 3.12. The average Bonchev–Trinajstić information content (AvgIpc) is 3.22. The SMILES string of the molecule is CN1CCN(C2CCN([C@]3(CC=O)C[C@H](N4CCc5ccccc5NC4=O)CCN3C(=O)OCc3cc(Br)cc(Br)c3)CC2)CC1. The van der Waals surface area contributed by atoms with Gasteiger partial charge in [-0.1, -0.05) is 50.1 Å². The predicted molar refractivity (Wildman–Crippen MR) is 185 cm³/mol. The number of rotatable bonds is 7. The number of likely N-dealkylation sites (N-methyl/N-ethyl adjacent to an activating group) is 1. The lowest BCUT2D eigenvalue weighted by Crippen LogP contribution is -2.70. The van der Waals surface area contributed by atoms with Gasteiger partial charge in [0.25, 0.3) is 0 Å². The van der Waals surface area contributed by atoms with Crippen molar-refractivity contribution in [3.8, 4) is 0 Å². The van der Waals surface area contributed by atoms with Gasteiger partial charge in [0.1, 0.15) is 18.6 Å². The molecular formula is C34H44Br2N6O4. The fourth-order valence-electron chi connectivity index (χ4n) is 7.85. The van der Waals surface area contributed by atoms with Crippen molar-refractivity contribution >= 4 is 56.0 Å². The molecule has 0 aromatic heterocycles. The van der Waals surface area contributed by atoms with Crippen LogP contribution in [0.1, 0.15) is 43.2 Å². The molecule has 2 atom stereocenters. The number of likely N-dealkylation sites (tertiary alicyclic amines) is 2. The summed E-state index contributed by atoms with van der Waals surface area (Å²) in [5.74, 6) is 0. The summed E-state index contributed by atoms with van der Waals surface area (Å²) < 4.78 is 7.74. The summed E-state index contributed by atoms with van der Waals surface area (Å²) in [6, 6.07) is 14.0. The minimum absolute atomic E-state index is 0.117. The second-order valence-electron chi connectivity index (χ2n) is 13.1. The highest BCUT2D eigenvalue weighted by atomic mass is 79.9. The number of benzene rings is 2. The van der Waals surface area contributed by atoms with E-state index in [-0.39, 0.29) is 25.1 Å². The van der Waals surface area contributed by atoms with E-state index >= 15 is 0 Å². The van der Waals surface area contributed by atoms with E-state index in [9.17, 15) is 14.4 Å². The number of halogens is 2. The molecule has 3 saturated heterocycles. The fraction of sp³-hybridized carbons (Fsp3) is 0.559. The van der Waals surface area contributed by atoms with E-state index in [2.05, 4.69) is 65.0 Å². The zero-order chi connectivity index (χ0) is 32.3. The third-order valence-electron chi connectivity index (χ3n) is 10.4. The van der Waals surface area contributed by atoms with Gasteiger partial charge >= 0.3 is 12.1 Å². The fourth-order valence-corrected chi connectivity index (χ4v) is 9.24. The summed E-state index contributed by atoms with van der Waals surface area (Å²) in [5.41, 5.74) is 1.94. The molecule has 0 spiro atoms. The second-order valence-corrected chi connectivity index (χ2v) is 14.9. The van der Waals surface area contributed by atoms with Gasteiger partial charge in [-0.15, -0.1) is 0 Å². The number of carbonyl (C=O) groups excluding carboxylic acids is 3. The van der Waals surface area contributed by atoms with Crippen molar-refractivity contribution in [2.45, 2.75) is 62.9 Å². The van der Waals surface area contributed by atoms with Gasteiger partial charge in [0.15, 0.2) is 0 Å². The number of nitrogens with zero attached hydrogens (tertiary/aromatic N) is 5. The first-order chi connectivity index (χ1) is 22.3. The normalized spacial score (nSPS) is 25.5. The van der Waals surface area contributed by atoms with E-state index in [4.69, 9.17) is 4.74 Å². The first kappa shape index (κ1) is 33.4.